The second-order valence-electron chi connectivity index (χ2n) is 8.33. The molecule has 0 aliphatic carbocycles. The lowest BCUT2D eigenvalue weighted by Gasteiger charge is -2.20. The van der Waals surface area contributed by atoms with Gasteiger partial charge in [0.05, 0.1) is 25.1 Å². The highest BCUT2D eigenvalue weighted by molar-refractivity contribution is 14.1. The van der Waals surface area contributed by atoms with E-state index in [1.165, 1.54) is 41.1 Å². The van der Waals surface area contributed by atoms with Gasteiger partial charge in [0.25, 0.3) is 11.8 Å². The molecule has 0 saturated carbocycles. The number of esters is 1. The van der Waals surface area contributed by atoms with Crippen molar-refractivity contribution in [1.29, 1.82) is 0 Å². The second-order valence-corrected chi connectivity index (χ2v) is 13.1. The van der Waals surface area contributed by atoms with Gasteiger partial charge in [0, 0.05) is 22.7 Å². The smallest absolute Gasteiger partial charge is 0.357 e. The molecular formula is C23H27IN6O5S3. The normalized spacial score (nSPS) is 12.6. The van der Waals surface area contributed by atoms with E-state index in [0.29, 0.717) is 17.9 Å². The second kappa shape index (κ2) is 13.5. The van der Waals surface area contributed by atoms with Gasteiger partial charge in [-0.15, -0.1) is 34.0 Å². The molecule has 0 aliphatic rings. The van der Waals surface area contributed by atoms with Crippen LogP contribution in [0.25, 0.3) is 0 Å². The Morgan fingerprint density at radius 1 is 1.00 bits per heavy atom. The van der Waals surface area contributed by atoms with Gasteiger partial charge < -0.3 is 20.7 Å². The summed E-state index contributed by atoms with van der Waals surface area (Å²) in [7, 11) is 1.51. The maximum atomic E-state index is 13.3. The maximum absolute atomic E-state index is 13.3. The third-order valence-corrected chi connectivity index (χ3v) is 8.88. The number of rotatable bonds is 11. The Bertz CT molecular complexity index is 1320. The van der Waals surface area contributed by atoms with Crippen LogP contribution in [0.4, 0.5) is 0 Å². The van der Waals surface area contributed by atoms with E-state index in [1.54, 1.807) is 24.6 Å². The molecule has 0 spiro atoms. The number of nitrogens with zero attached hydrogens (tertiary/aromatic N) is 3. The maximum Gasteiger partial charge on any atom is 0.357 e. The highest BCUT2D eigenvalue weighted by Gasteiger charge is 2.29. The van der Waals surface area contributed by atoms with E-state index in [1.807, 2.05) is 36.4 Å². The van der Waals surface area contributed by atoms with Crippen molar-refractivity contribution in [3.05, 3.63) is 45.7 Å². The van der Waals surface area contributed by atoms with Crippen molar-refractivity contribution < 1.29 is 23.9 Å². The number of thiazole rings is 3. The van der Waals surface area contributed by atoms with Crippen molar-refractivity contribution in [2.45, 2.75) is 46.2 Å². The van der Waals surface area contributed by atoms with E-state index in [2.05, 4.69) is 30.9 Å². The number of halogens is 1. The minimum Gasteiger partial charge on any atom is -0.461 e. The standard InChI is InChI=1S/C23H27IN6O5S3/c1-6-35-22(34)14-9-36-21(27-14)16(10(2)3)29-19(33)17-11(4)38-20(30-17)12(7-15(31)25-5)26-18(32)13-8-37-23(24)28-13/h8-10,12,16H,6-7H2,1-5H3,(H,25,31)(H,26,32)(H,29,33)/t12-,16-/m0/s1. The van der Waals surface area contributed by atoms with Crippen LogP contribution >= 0.6 is 56.6 Å². The molecule has 0 aliphatic heterocycles. The highest BCUT2D eigenvalue weighted by atomic mass is 127. The van der Waals surface area contributed by atoms with Gasteiger partial charge in [0.1, 0.15) is 21.4 Å². The Labute approximate surface area is 245 Å². The van der Waals surface area contributed by atoms with Crippen molar-refractivity contribution in [2.75, 3.05) is 13.7 Å². The summed E-state index contributed by atoms with van der Waals surface area (Å²) >= 11 is 5.86. The zero-order chi connectivity index (χ0) is 28.0. The topological polar surface area (TPSA) is 152 Å². The van der Waals surface area contributed by atoms with Gasteiger partial charge in [-0.25, -0.2) is 19.7 Å². The van der Waals surface area contributed by atoms with Crippen molar-refractivity contribution in [1.82, 2.24) is 30.9 Å². The van der Waals surface area contributed by atoms with Crippen molar-refractivity contribution >= 4 is 80.3 Å². The number of aromatic nitrogens is 3. The van der Waals surface area contributed by atoms with Crippen LogP contribution in [0.3, 0.4) is 0 Å². The number of ether oxygens (including phenoxy) is 1. The molecule has 0 unspecified atom stereocenters. The quantitative estimate of drug-likeness (QED) is 0.203. The van der Waals surface area contributed by atoms with Gasteiger partial charge in [0.2, 0.25) is 5.91 Å². The first kappa shape index (κ1) is 30.0. The molecule has 0 radical (unpaired) electrons. The number of carbonyl (C=O) groups is 4. The Morgan fingerprint density at radius 3 is 2.32 bits per heavy atom. The molecule has 204 valence electrons. The van der Waals surface area contributed by atoms with E-state index < -0.39 is 29.9 Å². The number of carbonyl (C=O) groups excluding carboxylic acids is 4. The number of amides is 3. The first-order valence-corrected chi connectivity index (χ1v) is 15.2. The SMILES string of the molecule is CCOC(=O)c1csc([C@@H](NC(=O)c2nc([C@H](CC(=O)NC)NC(=O)c3csc(I)n3)sc2C)C(C)C)n1. The van der Waals surface area contributed by atoms with E-state index in [-0.39, 0.29) is 41.9 Å². The predicted octanol–water partition coefficient (Wildman–Crippen LogP) is 3.88. The van der Waals surface area contributed by atoms with Gasteiger partial charge in [-0.2, -0.15) is 0 Å². The van der Waals surface area contributed by atoms with Crippen LogP contribution in [0.1, 0.15) is 85.6 Å². The molecular weight excluding hydrogens is 663 g/mol. The van der Waals surface area contributed by atoms with Crippen LogP contribution in [0.2, 0.25) is 0 Å². The summed E-state index contributed by atoms with van der Waals surface area (Å²) in [6.07, 6.45) is -0.0537. The van der Waals surface area contributed by atoms with E-state index in [0.717, 1.165) is 0 Å². The van der Waals surface area contributed by atoms with E-state index in [9.17, 15) is 19.2 Å². The number of hydrogen-bond acceptors (Lipinski definition) is 11. The van der Waals surface area contributed by atoms with Crippen LogP contribution in [0.15, 0.2) is 10.8 Å². The Morgan fingerprint density at radius 2 is 1.71 bits per heavy atom. The molecule has 3 aromatic rings. The molecule has 3 heterocycles. The molecule has 11 nitrogen and oxygen atoms in total. The Kier molecular flexibility index (Phi) is 10.7. The number of nitrogens with one attached hydrogen (secondary N) is 3. The van der Waals surface area contributed by atoms with Crippen molar-refractivity contribution in [3.63, 3.8) is 0 Å². The van der Waals surface area contributed by atoms with Crippen LogP contribution in [-0.2, 0) is 9.53 Å². The fraction of sp³-hybridized carbons (Fsp3) is 0.435. The van der Waals surface area contributed by atoms with Gasteiger partial charge in [0.15, 0.2) is 8.71 Å². The zero-order valence-electron chi connectivity index (χ0n) is 21.3. The van der Waals surface area contributed by atoms with Crippen LogP contribution in [-0.4, -0.2) is 52.3 Å². The average Bonchev–Trinajstić information content (AvgIpc) is 3.61. The molecule has 0 fully saturated rings. The monoisotopic (exact) mass is 690 g/mol. The fourth-order valence-electron chi connectivity index (χ4n) is 3.30. The minimum atomic E-state index is -0.751. The molecule has 0 bridgehead atoms. The fourth-order valence-corrected chi connectivity index (χ4v) is 6.45. The summed E-state index contributed by atoms with van der Waals surface area (Å²) in [5, 5.41) is 12.6. The molecule has 3 N–H and O–H groups in total. The zero-order valence-corrected chi connectivity index (χ0v) is 25.9. The third-order valence-electron chi connectivity index (χ3n) is 5.23. The molecule has 38 heavy (non-hydrogen) atoms. The molecule has 3 rings (SSSR count). The number of aryl methyl sites for hydroxylation is 1. The van der Waals surface area contributed by atoms with Crippen molar-refractivity contribution in [3.8, 4) is 0 Å². The van der Waals surface area contributed by atoms with Crippen LogP contribution < -0.4 is 16.0 Å². The lowest BCUT2D eigenvalue weighted by Crippen LogP contribution is -2.34. The molecule has 3 amide bonds. The van der Waals surface area contributed by atoms with Gasteiger partial charge in [-0.3, -0.25) is 14.4 Å². The summed E-state index contributed by atoms with van der Waals surface area (Å²) in [5.41, 5.74) is 0.636. The first-order chi connectivity index (χ1) is 18.0. The summed E-state index contributed by atoms with van der Waals surface area (Å²) in [4.78, 5) is 64.0. The Balaban J connectivity index is 1.82. The summed E-state index contributed by atoms with van der Waals surface area (Å²) < 4.78 is 5.73. The largest absolute Gasteiger partial charge is 0.461 e. The molecule has 2 atom stereocenters. The molecule has 15 heteroatoms. The van der Waals surface area contributed by atoms with Crippen LogP contribution in [0, 0.1) is 15.9 Å². The lowest BCUT2D eigenvalue weighted by molar-refractivity contribution is -0.121. The van der Waals surface area contributed by atoms with E-state index >= 15 is 0 Å². The van der Waals surface area contributed by atoms with Gasteiger partial charge >= 0.3 is 5.97 Å². The molecule has 0 aromatic carbocycles. The predicted molar refractivity (Wildman–Crippen MR) is 154 cm³/mol. The van der Waals surface area contributed by atoms with Crippen molar-refractivity contribution in [2.24, 2.45) is 5.92 Å². The third kappa shape index (κ3) is 7.54. The lowest BCUT2D eigenvalue weighted by atomic mass is 10.0. The molecule has 0 saturated heterocycles. The highest BCUT2D eigenvalue weighted by Crippen LogP contribution is 2.29. The first-order valence-electron chi connectivity index (χ1n) is 11.6. The summed E-state index contributed by atoms with van der Waals surface area (Å²) in [5.74, 6) is -1.68. The molecule has 3 aromatic heterocycles. The van der Waals surface area contributed by atoms with Gasteiger partial charge in [-0.1, -0.05) is 13.8 Å². The summed E-state index contributed by atoms with van der Waals surface area (Å²) in [6, 6.07) is -1.22. The van der Waals surface area contributed by atoms with Gasteiger partial charge in [-0.05, 0) is 42.4 Å². The minimum absolute atomic E-state index is 0.0280. The summed E-state index contributed by atoms with van der Waals surface area (Å²) in [6.45, 7) is 7.59. The Hall–Kier alpha value is -2.50. The average molecular weight is 691 g/mol. The van der Waals surface area contributed by atoms with Crippen LogP contribution in [0.5, 0.6) is 0 Å². The van der Waals surface area contributed by atoms with E-state index in [4.69, 9.17) is 4.74 Å². The number of hydrogen-bond donors (Lipinski definition) is 3.